The van der Waals surface area contributed by atoms with Gasteiger partial charge in [0.2, 0.25) is 11.8 Å². The Hall–Kier alpha value is -2.17. The van der Waals surface area contributed by atoms with Crippen LogP contribution < -0.4 is 10.6 Å². The predicted molar refractivity (Wildman–Crippen MR) is 90.9 cm³/mol. The minimum absolute atomic E-state index is 0.119. The molecule has 1 aromatic rings. The molecule has 1 aromatic carbocycles. The molecule has 0 atom stereocenters. The maximum atomic E-state index is 13.6. The van der Waals surface area contributed by atoms with Crippen LogP contribution in [0.3, 0.4) is 0 Å². The smallest absolute Gasteiger partial charge is 0.240 e. The van der Waals surface area contributed by atoms with Gasteiger partial charge in [0.05, 0.1) is 5.69 Å². The van der Waals surface area contributed by atoms with Crippen LogP contribution in [0.25, 0.3) is 0 Å². The lowest BCUT2D eigenvalue weighted by atomic mass is 9.97. The number of rotatable bonds is 6. The predicted octanol–water partition coefficient (Wildman–Crippen LogP) is 3.55. The van der Waals surface area contributed by atoms with Crippen molar-refractivity contribution in [2.45, 2.75) is 44.9 Å². The zero-order chi connectivity index (χ0) is 17.0. The molecule has 1 saturated carbocycles. The zero-order valence-corrected chi connectivity index (χ0v) is 13.7. The molecule has 24 heavy (non-hydrogen) atoms. The monoisotopic (exact) mass is 330 g/mol. The molecule has 0 bridgehead atoms. The van der Waals surface area contributed by atoms with Crippen molar-refractivity contribution in [2.24, 2.45) is 5.41 Å². The Morgan fingerprint density at radius 3 is 2.58 bits per heavy atom. The third kappa shape index (κ3) is 3.66. The van der Waals surface area contributed by atoms with Gasteiger partial charge in [0.25, 0.3) is 0 Å². The summed E-state index contributed by atoms with van der Waals surface area (Å²) in [4.78, 5) is 24.8. The second-order valence-electron chi connectivity index (χ2n) is 6.63. The summed E-state index contributed by atoms with van der Waals surface area (Å²) >= 11 is 0. The van der Waals surface area contributed by atoms with Gasteiger partial charge in [-0.05, 0) is 57.1 Å². The van der Waals surface area contributed by atoms with Gasteiger partial charge >= 0.3 is 0 Å². The van der Waals surface area contributed by atoms with E-state index in [1.807, 2.05) is 0 Å². The fourth-order valence-corrected chi connectivity index (χ4v) is 3.12. The summed E-state index contributed by atoms with van der Waals surface area (Å²) in [5, 5.41) is 5.43. The highest BCUT2D eigenvalue weighted by Crippen LogP contribution is 2.47. The lowest BCUT2D eigenvalue weighted by Crippen LogP contribution is -2.40. The fourth-order valence-electron chi connectivity index (χ4n) is 3.12. The SMILES string of the molecule is O=C(NCCC1=CCCCC1)C1(C(=O)Nc2ccccc2F)CC1. The highest BCUT2D eigenvalue weighted by molar-refractivity contribution is 6.13. The highest BCUT2D eigenvalue weighted by Gasteiger charge is 2.56. The van der Waals surface area contributed by atoms with Crippen LogP contribution in [-0.4, -0.2) is 18.4 Å². The number of anilines is 1. The van der Waals surface area contributed by atoms with Crippen LogP contribution in [0.2, 0.25) is 0 Å². The molecule has 0 unspecified atom stereocenters. The largest absolute Gasteiger partial charge is 0.355 e. The van der Waals surface area contributed by atoms with Crippen LogP contribution in [0.1, 0.15) is 44.9 Å². The molecule has 0 heterocycles. The Morgan fingerprint density at radius 2 is 1.92 bits per heavy atom. The van der Waals surface area contributed by atoms with E-state index < -0.39 is 17.1 Å². The molecule has 3 rings (SSSR count). The van der Waals surface area contributed by atoms with Crippen LogP contribution in [0, 0.1) is 11.2 Å². The summed E-state index contributed by atoms with van der Waals surface area (Å²) in [7, 11) is 0. The van der Waals surface area contributed by atoms with Gasteiger partial charge in [-0.3, -0.25) is 9.59 Å². The van der Waals surface area contributed by atoms with Gasteiger partial charge in [-0.2, -0.15) is 0 Å². The normalized spacial score (nSPS) is 18.5. The molecule has 4 nitrogen and oxygen atoms in total. The van der Waals surface area contributed by atoms with Crippen molar-refractivity contribution in [1.82, 2.24) is 5.32 Å². The quantitative estimate of drug-likeness (QED) is 0.619. The summed E-state index contributed by atoms with van der Waals surface area (Å²) in [6.45, 7) is 0.555. The molecule has 1 fully saturated rings. The average Bonchev–Trinajstić information content (AvgIpc) is 3.40. The molecule has 0 saturated heterocycles. The van der Waals surface area contributed by atoms with Crippen molar-refractivity contribution in [3.63, 3.8) is 0 Å². The highest BCUT2D eigenvalue weighted by atomic mass is 19.1. The van der Waals surface area contributed by atoms with E-state index in [4.69, 9.17) is 0 Å². The van der Waals surface area contributed by atoms with Crippen molar-refractivity contribution in [3.8, 4) is 0 Å². The lowest BCUT2D eigenvalue weighted by molar-refractivity contribution is -0.134. The molecule has 5 heteroatoms. The van der Waals surface area contributed by atoms with Crippen molar-refractivity contribution in [3.05, 3.63) is 41.7 Å². The second kappa shape index (κ2) is 7.16. The first-order chi connectivity index (χ1) is 11.6. The molecule has 2 amide bonds. The lowest BCUT2D eigenvalue weighted by Gasteiger charge is -2.17. The van der Waals surface area contributed by atoms with E-state index in [1.54, 1.807) is 12.1 Å². The summed E-state index contributed by atoms with van der Waals surface area (Å²) in [5.74, 6) is -1.15. The van der Waals surface area contributed by atoms with Crippen LogP contribution >= 0.6 is 0 Å². The second-order valence-corrected chi connectivity index (χ2v) is 6.63. The van der Waals surface area contributed by atoms with Crippen LogP contribution in [0.4, 0.5) is 10.1 Å². The van der Waals surface area contributed by atoms with Crippen molar-refractivity contribution < 1.29 is 14.0 Å². The summed E-state index contributed by atoms with van der Waals surface area (Å²) in [6.07, 6.45) is 8.82. The number of allylic oxidation sites excluding steroid dienone is 1. The third-order valence-corrected chi connectivity index (χ3v) is 4.86. The Kier molecular flexibility index (Phi) is 4.97. The molecular formula is C19H23FN2O2. The number of hydrogen-bond acceptors (Lipinski definition) is 2. The van der Waals surface area contributed by atoms with Crippen molar-refractivity contribution in [1.29, 1.82) is 0 Å². The number of amides is 2. The minimum atomic E-state index is -1.02. The molecule has 0 aliphatic heterocycles. The molecular weight excluding hydrogens is 307 g/mol. The molecule has 0 spiro atoms. The van der Waals surface area contributed by atoms with Crippen molar-refractivity contribution >= 4 is 17.5 Å². The van der Waals surface area contributed by atoms with Gasteiger partial charge in [0, 0.05) is 6.54 Å². The molecule has 128 valence electrons. The zero-order valence-electron chi connectivity index (χ0n) is 13.7. The van der Waals surface area contributed by atoms with E-state index in [0.29, 0.717) is 19.4 Å². The molecule has 2 aliphatic rings. The number of hydrogen-bond donors (Lipinski definition) is 2. The average molecular weight is 330 g/mol. The van der Waals surface area contributed by atoms with Gasteiger partial charge in [0.15, 0.2) is 0 Å². The fraction of sp³-hybridized carbons (Fsp3) is 0.474. The Labute approximate surface area is 141 Å². The van der Waals surface area contributed by atoms with Crippen molar-refractivity contribution in [2.75, 3.05) is 11.9 Å². The first-order valence-electron chi connectivity index (χ1n) is 8.64. The molecule has 2 aliphatic carbocycles. The van der Waals surface area contributed by atoms with Crippen LogP contribution in [0.15, 0.2) is 35.9 Å². The van der Waals surface area contributed by atoms with E-state index >= 15 is 0 Å². The number of carbonyl (C=O) groups excluding carboxylic acids is 2. The van der Waals surface area contributed by atoms with E-state index in [1.165, 1.54) is 30.5 Å². The first-order valence-corrected chi connectivity index (χ1v) is 8.64. The number of para-hydroxylation sites is 1. The van der Waals surface area contributed by atoms with E-state index in [-0.39, 0.29) is 11.6 Å². The maximum absolute atomic E-state index is 13.6. The Bertz CT molecular complexity index is 665. The standard InChI is InChI=1S/C19H23FN2O2/c20-15-8-4-5-9-16(15)22-18(24)19(11-12-19)17(23)21-13-10-14-6-2-1-3-7-14/h4-6,8-9H,1-3,7,10-13H2,(H,21,23)(H,22,24). The van der Waals surface area contributed by atoms with E-state index in [2.05, 4.69) is 16.7 Å². The minimum Gasteiger partial charge on any atom is -0.355 e. The summed E-state index contributed by atoms with van der Waals surface area (Å²) < 4.78 is 13.6. The van der Waals surface area contributed by atoms with E-state index in [9.17, 15) is 14.0 Å². The number of halogens is 1. The summed E-state index contributed by atoms with van der Waals surface area (Å²) in [5.41, 5.74) is 0.486. The Morgan fingerprint density at radius 1 is 1.12 bits per heavy atom. The molecule has 0 radical (unpaired) electrons. The Balaban J connectivity index is 1.53. The topological polar surface area (TPSA) is 58.2 Å². The van der Waals surface area contributed by atoms with Crippen LogP contribution in [0.5, 0.6) is 0 Å². The van der Waals surface area contributed by atoms with Gasteiger partial charge in [-0.1, -0.05) is 23.8 Å². The molecule has 2 N–H and O–H groups in total. The third-order valence-electron chi connectivity index (χ3n) is 4.86. The van der Waals surface area contributed by atoms with Gasteiger partial charge < -0.3 is 10.6 Å². The van der Waals surface area contributed by atoms with E-state index in [0.717, 1.165) is 19.3 Å². The van der Waals surface area contributed by atoms with Gasteiger partial charge in [-0.15, -0.1) is 0 Å². The first kappa shape index (κ1) is 16.7. The number of nitrogens with one attached hydrogen (secondary N) is 2. The van der Waals surface area contributed by atoms with Gasteiger partial charge in [0.1, 0.15) is 11.2 Å². The van der Waals surface area contributed by atoms with Gasteiger partial charge in [-0.25, -0.2) is 4.39 Å². The summed E-state index contributed by atoms with van der Waals surface area (Å²) in [6, 6.07) is 5.99. The molecule has 0 aromatic heterocycles. The maximum Gasteiger partial charge on any atom is 0.240 e. The van der Waals surface area contributed by atoms with Crippen LogP contribution in [-0.2, 0) is 9.59 Å². The number of benzene rings is 1. The number of carbonyl (C=O) groups is 2.